The zero-order valence-electron chi connectivity index (χ0n) is 13.3. The standard InChI is InChI=1S/C20H16ClNO3/c21-14-9-5-4-8-12(14)13-10-15-16-17(18(13)25-15)20(24)22(19(16)23)11-6-2-1-3-7-11/h1-9,13,15-18H,10H2/t13-,15-,16-,17-,18+/m0/s1. The van der Waals surface area contributed by atoms with Crippen LogP contribution in [0.4, 0.5) is 5.69 Å². The van der Waals surface area contributed by atoms with Gasteiger partial charge in [-0.1, -0.05) is 48.0 Å². The third-order valence-corrected chi connectivity index (χ3v) is 6.03. The molecule has 2 aromatic carbocycles. The van der Waals surface area contributed by atoms with E-state index in [-0.39, 0.29) is 35.9 Å². The monoisotopic (exact) mass is 353 g/mol. The first-order valence-electron chi connectivity index (χ1n) is 8.49. The summed E-state index contributed by atoms with van der Waals surface area (Å²) in [6, 6.07) is 16.8. The van der Waals surface area contributed by atoms with Crippen LogP contribution in [0.2, 0.25) is 5.02 Å². The molecule has 5 atom stereocenters. The van der Waals surface area contributed by atoms with Crippen LogP contribution in [0.1, 0.15) is 17.9 Å². The second-order valence-corrected chi connectivity index (χ2v) is 7.31. The van der Waals surface area contributed by atoms with Crippen LogP contribution in [-0.2, 0) is 14.3 Å². The fourth-order valence-electron chi connectivity index (χ4n) is 4.66. The summed E-state index contributed by atoms with van der Waals surface area (Å²) in [5.74, 6) is -0.992. The Balaban J connectivity index is 1.51. The molecule has 0 aromatic heterocycles. The topological polar surface area (TPSA) is 46.6 Å². The molecule has 2 aromatic rings. The van der Waals surface area contributed by atoms with Crippen LogP contribution in [0.15, 0.2) is 54.6 Å². The van der Waals surface area contributed by atoms with E-state index in [1.165, 1.54) is 4.90 Å². The Bertz CT molecular complexity index is 868. The van der Waals surface area contributed by atoms with E-state index >= 15 is 0 Å². The lowest BCUT2D eigenvalue weighted by Crippen LogP contribution is -2.35. The van der Waals surface area contributed by atoms with Gasteiger partial charge in [0, 0.05) is 10.9 Å². The number of hydrogen-bond donors (Lipinski definition) is 0. The Labute approximate surface area is 150 Å². The Morgan fingerprint density at radius 2 is 1.60 bits per heavy atom. The van der Waals surface area contributed by atoms with Gasteiger partial charge in [0.15, 0.2) is 0 Å². The van der Waals surface area contributed by atoms with Crippen LogP contribution in [0, 0.1) is 11.8 Å². The molecule has 3 fully saturated rings. The van der Waals surface area contributed by atoms with Crippen LogP contribution in [0.3, 0.4) is 0 Å². The van der Waals surface area contributed by atoms with Crippen molar-refractivity contribution in [2.45, 2.75) is 24.5 Å². The second kappa shape index (κ2) is 5.41. The van der Waals surface area contributed by atoms with Crippen LogP contribution >= 0.6 is 11.6 Å². The largest absolute Gasteiger partial charge is 0.373 e. The van der Waals surface area contributed by atoms with Crippen LogP contribution in [0.25, 0.3) is 0 Å². The number of ether oxygens (including phenoxy) is 1. The molecule has 5 rings (SSSR count). The first-order chi connectivity index (χ1) is 12.2. The molecule has 0 aliphatic carbocycles. The summed E-state index contributed by atoms with van der Waals surface area (Å²) >= 11 is 6.36. The van der Waals surface area contributed by atoms with Gasteiger partial charge >= 0.3 is 0 Å². The quantitative estimate of drug-likeness (QED) is 0.777. The molecule has 126 valence electrons. The number of para-hydroxylation sites is 1. The van der Waals surface area contributed by atoms with E-state index in [9.17, 15) is 9.59 Å². The van der Waals surface area contributed by atoms with Gasteiger partial charge in [-0.25, -0.2) is 4.90 Å². The summed E-state index contributed by atoms with van der Waals surface area (Å²) in [5, 5.41) is 0.692. The highest BCUT2D eigenvalue weighted by Gasteiger charge is 2.65. The molecule has 0 radical (unpaired) electrons. The first-order valence-corrected chi connectivity index (χ1v) is 8.87. The zero-order valence-corrected chi connectivity index (χ0v) is 14.1. The predicted octanol–water partition coefficient (Wildman–Crippen LogP) is 3.40. The number of halogens is 1. The lowest BCUT2D eigenvalue weighted by molar-refractivity contribution is -0.124. The summed E-state index contributed by atoms with van der Waals surface area (Å²) in [7, 11) is 0. The van der Waals surface area contributed by atoms with Gasteiger partial charge in [-0.15, -0.1) is 0 Å². The minimum atomic E-state index is -0.410. The van der Waals surface area contributed by atoms with Crippen molar-refractivity contribution in [1.82, 2.24) is 0 Å². The number of benzene rings is 2. The lowest BCUT2D eigenvalue weighted by Gasteiger charge is -2.26. The van der Waals surface area contributed by atoms with E-state index in [0.29, 0.717) is 10.7 Å². The van der Waals surface area contributed by atoms with Gasteiger partial charge in [0.05, 0.1) is 29.7 Å². The fraction of sp³-hybridized carbons (Fsp3) is 0.300. The highest BCUT2D eigenvalue weighted by molar-refractivity contribution is 6.31. The Morgan fingerprint density at radius 3 is 2.36 bits per heavy atom. The van der Waals surface area contributed by atoms with Crippen molar-refractivity contribution in [3.05, 3.63) is 65.2 Å². The number of anilines is 1. The highest BCUT2D eigenvalue weighted by Crippen LogP contribution is 2.55. The molecule has 3 saturated heterocycles. The summed E-state index contributed by atoms with van der Waals surface area (Å²) < 4.78 is 6.06. The lowest BCUT2D eigenvalue weighted by atomic mass is 9.73. The Morgan fingerprint density at radius 1 is 0.920 bits per heavy atom. The van der Waals surface area contributed by atoms with E-state index in [1.54, 1.807) is 12.1 Å². The van der Waals surface area contributed by atoms with Crippen molar-refractivity contribution in [3.8, 4) is 0 Å². The Kier molecular flexibility index (Phi) is 3.27. The number of nitrogens with zero attached hydrogens (tertiary/aromatic N) is 1. The maximum Gasteiger partial charge on any atom is 0.240 e. The van der Waals surface area contributed by atoms with Crippen LogP contribution < -0.4 is 4.90 Å². The normalized spacial score (nSPS) is 33.2. The van der Waals surface area contributed by atoms with Gasteiger partial charge in [0.2, 0.25) is 11.8 Å². The third kappa shape index (κ3) is 2.04. The number of amides is 2. The summed E-state index contributed by atoms with van der Waals surface area (Å²) in [6.07, 6.45) is 0.249. The first kappa shape index (κ1) is 15.1. The van der Waals surface area contributed by atoms with Crippen molar-refractivity contribution < 1.29 is 14.3 Å². The number of hydrogen-bond acceptors (Lipinski definition) is 3. The van der Waals surface area contributed by atoms with Gasteiger partial charge in [0.1, 0.15) is 0 Å². The average molecular weight is 354 g/mol. The van der Waals surface area contributed by atoms with Gasteiger partial charge < -0.3 is 4.74 Å². The number of carbonyl (C=O) groups excluding carboxylic acids is 2. The smallest absolute Gasteiger partial charge is 0.240 e. The number of carbonyl (C=O) groups is 2. The second-order valence-electron chi connectivity index (χ2n) is 6.90. The molecular weight excluding hydrogens is 338 g/mol. The van der Waals surface area contributed by atoms with Crippen molar-refractivity contribution in [3.63, 3.8) is 0 Å². The van der Waals surface area contributed by atoms with E-state index in [0.717, 1.165) is 12.0 Å². The third-order valence-electron chi connectivity index (χ3n) is 5.69. The molecule has 0 spiro atoms. The van der Waals surface area contributed by atoms with Crippen molar-refractivity contribution in [1.29, 1.82) is 0 Å². The molecule has 25 heavy (non-hydrogen) atoms. The van der Waals surface area contributed by atoms with E-state index in [1.807, 2.05) is 42.5 Å². The molecule has 3 aliphatic heterocycles. The molecule has 5 heteroatoms. The predicted molar refractivity (Wildman–Crippen MR) is 93.4 cm³/mol. The van der Waals surface area contributed by atoms with Crippen molar-refractivity contribution >= 4 is 29.1 Å². The maximum absolute atomic E-state index is 13.0. The van der Waals surface area contributed by atoms with E-state index in [2.05, 4.69) is 0 Å². The minimum Gasteiger partial charge on any atom is -0.373 e. The van der Waals surface area contributed by atoms with Gasteiger partial charge in [-0.2, -0.15) is 0 Å². The minimum absolute atomic E-state index is 0.0624. The van der Waals surface area contributed by atoms with E-state index < -0.39 is 5.92 Å². The van der Waals surface area contributed by atoms with Gasteiger partial charge in [0.25, 0.3) is 0 Å². The fourth-order valence-corrected chi connectivity index (χ4v) is 4.94. The maximum atomic E-state index is 13.0. The number of fused-ring (bicyclic) bond motifs is 5. The van der Waals surface area contributed by atoms with Crippen LogP contribution in [-0.4, -0.2) is 24.0 Å². The number of rotatable bonds is 2. The SMILES string of the molecule is O=C1[C@@H]2[C@@H]3O[C@@H](C[C@H]3c3ccccc3Cl)[C@@H]2C(=O)N1c1ccccc1. The Hall–Kier alpha value is -2.17. The average Bonchev–Trinajstić information content (AvgIpc) is 3.28. The van der Waals surface area contributed by atoms with Crippen molar-refractivity contribution in [2.24, 2.45) is 11.8 Å². The molecule has 2 bridgehead atoms. The van der Waals surface area contributed by atoms with Crippen molar-refractivity contribution in [2.75, 3.05) is 4.90 Å². The summed E-state index contributed by atoms with van der Waals surface area (Å²) in [6.45, 7) is 0. The summed E-state index contributed by atoms with van der Waals surface area (Å²) in [5.41, 5.74) is 1.65. The van der Waals surface area contributed by atoms with E-state index in [4.69, 9.17) is 16.3 Å². The highest BCUT2D eigenvalue weighted by atomic mass is 35.5. The molecule has 3 aliphatic rings. The molecule has 3 heterocycles. The molecule has 0 N–H and O–H groups in total. The molecule has 2 amide bonds. The van der Waals surface area contributed by atoms with Crippen LogP contribution in [0.5, 0.6) is 0 Å². The number of imide groups is 1. The van der Waals surface area contributed by atoms with Gasteiger partial charge in [-0.05, 0) is 30.2 Å². The molecular formula is C20H16ClNO3. The molecule has 4 nitrogen and oxygen atoms in total. The molecule has 0 unspecified atom stereocenters. The zero-order chi connectivity index (χ0) is 17.1. The summed E-state index contributed by atoms with van der Waals surface area (Å²) in [4.78, 5) is 27.3. The molecule has 0 saturated carbocycles. The van der Waals surface area contributed by atoms with Gasteiger partial charge in [-0.3, -0.25) is 9.59 Å².